The van der Waals surface area contributed by atoms with E-state index in [0.717, 1.165) is 12.8 Å². The molecule has 37 heavy (non-hydrogen) atoms. The average molecular weight is 539 g/mol. The van der Waals surface area contributed by atoms with Gasteiger partial charge >= 0.3 is 0 Å². The molecule has 1 aliphatic heterocycles. The molecule has 1 atom stereocenters. The predicted octanol–water partition coefficient (Wildman–Crippen LogP) is 6.82. The van der Waals surface area contributed by atoms with Gasteiger partial charge in [-0.15, -0.1) is 0 Å². The number of halogens is 2. The van der Waals surface area contributed by atoms with Crippen molar-refractivity contribution < 1.29 is 18.7 Å². The van der Waals surface area contributed by atoms with Crippen LogP contribution in [0, 0.1) is 0 Å². The Morgan fingerprint density at radius 1 is 0.973 bits per heavy atom. The van der Waals surface area contributed by atoms with Gasteiger partial charge in [-0.25, -0.2) is 4.98 Å². The van der Waals surface area contributed by atoms with Gasteiger partial charge in [-0.2, -0.15) is 0 Å². The van der Waals surface area contributed by atoms with Crippen LogP contribution in [-0.4, -0.2) is 24.1 Å². The molecule has 0 spiro atoms. The van der Waals surface area contributed by atoms with Crippen LogP contribution < -0.4 is 19.8 Å². The maximum Gasteiger partial charge on any atom is 0.296 e. The van der Waals surface area contributed by atoms with E-state index in [1.807, 2.05) is 13.0 Å². The van der Waals surface area contributed by atoms with Crippen molar-refractivity contribution >= 4 is 45.9 Å². The third kappa shape index (κ3) is 4.65. The Hall–Kier alpha value is -3.55. The smallest absolute Gasteiger partial charge is 0.296 e. The summed E-state index contributed by atoms with van der Waals surface area (Å²) in [7, 11) is 0. The summed E-state index contributed by atoms with van der Waals surface area (Å²) in [5.41, 5.74) is 0.790. The zero-order valence-corrected chi connectivity index (χ0v) is 21.8. The first-order chi connectivity index (χ1) is 17.9. The second-order valence-electron chi connectivity index (χ2n) is 8.57. The standard InChI is InChI=1S/C28H24Cl2N2O5/c1-3-5-12-36-21-9-6-16(13-22(21)35-4-2)25-24-26(33)19-14-17(29)7-10-20(19)37-27(24)28(34)32(25)23-11-8-18(30)15-31-23/h6-11,13-15,25H,3-5,12H2,1-2H3. The van der Waals surface area contributed by atoms with E-state index in [0.29, 0.717) is 51.5 Å². The van der Waals surface area contributed by atoms with E-state index in [1.54, 1.807) is 42.5 Å². The molecule has 0 saturated heterocycles. The number of aromatic nitrogens is 1. The van der Waals surface area contributed by atoms with Crippen LogP contribution in [0.15, 0.2) is 63.9 Å². The Kier molecular flexibility index (Phi) is 7.09. The molecule has 0 bridgehead atoms. The normalized spacial score (nSPS) is 14.8. The van der Waals surface area contributed by atoms with Gasteiger partial charge in [-0.05, 0) is 61.4 Å². The van der Waals surface area contributed by atoms with Crippen LogP contribution in [0.5, 0.6) is 11.5 Å². The highest BCUT2D eigenvalue weighted by molar-refractivity contribution is 6.31. The van der Waals surface area contributed by atoms with Crippen LogP contribution in [0.4, 0.5) is 5.82 Å². The molecule has 0 aliphatic carbocycles. The van der Waals surface area contributed by atoms with Crippen molar-refractivity contribution in [1.82, 2.24) is 4.98 Å². The molecule has 9 heteroatoms. The zero-order chi connectivity index (χ0) is 26.1. The second-order valence-corrected chi connectivity index (χ2v) is 9.44. The third-order valence-corrected chi connectivity index (χ3v) is 6.59. The monoisotopic (exact) mass is 538 g/mol. The van der Waals surface area contributed by atoms with Crippen LogP contribution in [0.2, 0.25) is 10.0 Å². The van der Waals surface area contributed by atoms with Gasteiger partial charge in [0.2, 0.25) is 5.76 Å². The summed E-state index contributed by atoms with van der Waals surface area (Å²) in [5, 5.41) is 1.11. The number of anilines is 1. The number of carbonyl (C=O) groups is 1. The minimum atomic E-state index is -0.820. The lowest BCUT2D eigenvalue weighted by Gasteiger charge is -2.25. The van der Waals surface area contributed by atoms with Crippen molar-refractivity contribution in [2.75, 3.05) is 18.1 Å². The highest BCUT2D eigenvalue weighted by atomic mass is 35.5. The molecule has 2 aromatic heterocycles. The molecule has 1 aliphatic rings. The molecule has 5 rings (SSSR count). The van der Waals surface area contributed by atoms with Crippen LogP contribution in [-0.2, 0) is 0 Å². The minimum Gasteiger partial charge on any atom is -0.490 e. The van der Waals surface area contributed by atoms with Gasteiger partial charge < -0.3 is 13.9 Å². The number of fused-ring (bicyclic) bond motifs is 2. The summed E-state index contributed by atoms with van der Waals surface area (Å²) in [6, 6.07) is 12.6. The van der Waals surface area contributed by atoms with Crippen molar-refractivity contribution in [3.8, 4) is 11.5 Å². The second kappa shape index (κ2) is 10.4. The van der Waals surface area contributed by atoms with Gasteiger partial charge in [0.1, 0.15) is 11.4 Å². The number of amides is 1. The van der Waals surface area contributed by atoms with Crippen LogP contribution in [0.25, 0.3) is 11.0 Å². The van der Waals surface area contributed by atoms with E-state index in [4.69, 9.17) is 37.1 Å². The number of rotatable bonds is 8. The van der Waals surface area contributed by atoms with Gasteiger partial charge in [0, 0.05) is 11.2 Å². The average Bonchev–Trinajstić information content (AvgIpc) is 3.18. The van der Waals surface area contributed by atoms with Gasteiger partial charge in [0.25, 0.3) is 5.91 Å². The number of hydrogen-bond donors (Lipinski definition) is 0. The van der Waals surface area contributed by atoms with Crippen molar-refractivity contribution in [2.45, 2.75) is 32.7 Å². The molecule has 1 amide bonds. The number of hydrogen-bond acceptors (Lipinski definition) is 6. The highest BCUT2D eigenvalue weighted by Gasteiger charge is 2.44. The highest BCUT2D eigenvalue weighted by Crippen LogP contribution is 2.43. The Bertz CT molecular complexity index is 1530. The van der Waals surface area contributed by atoms with Crippen molar-refractivity contribution in [1.29, 1.82) is 0 Å². The number of unbranched alkanes of at least 4 members (excludes halogenated alkanes) is 1. The Morgan fingerprint density at radius 2 is 1.78 bits per heavy atom. The number of carbonyl (C=O) groups excluding carboxylic acids is 1. The number of benzene rings is 2. The maximum absolute atomic E-state index is 13.8. The Labute approximate surface area is 223 Å². The summed E-state index contributed by atoms with van der Waals surface area (Å²) in [5.74, 6) is 0.924. The minimum absolute atomic E-state index is 0.0391. The fourth-order valence-corrected chi connectivity index (χ4v) is 4.70. The first kappa shape index (κ1) is 25.1. The van der Waals surface area contributed by atoms with Crippen molar-refractivity contribution in [3.63, 3.8) is 0 Å². The van der Waals surface area contributed by atoms with E-state index in [-0.39, 0.29) is 22.3 Å². The molecule has 0 fully saturated rings. The maximum atomic E-state index is 13.8. The summed E-state index contributed by atoms with van der Waals surface area (Å²) in [4.78, 5) is 33.3. The van der Waals surface area contributed by atoms with Gasteiger partial charge in [-0.3, -0.25) is 14.5 Å². The molecule has 0 N–H and O–H groups in total. The lowest BCUT2D eigenvalue weighted by Crippen LogP contribution is -2.30. The van der Waals surface area contributed by atoms with Gasteiger partial charge in [0.05, 0.1) is 35.2 Å². The number of pyridine rings is 1. The van der Waals surface area contributed by atoms with Gasteiger partial charge in [-0.1, -0.05) is 42.6 Å². The number of nitrogens with zero attached hydrogens (tertiary/aromatic N) is 2. The van der Waals surface area contributed by atoms with Crippen LogP contribution in [0.3, 0.4) is 0 Å². The first-order valence-electron chi connectivity index (χ1n) is 12.0. The third-order valence-electron chi connectivity index (χ3n) is 6.13. The molecule has 7 nitrogen and oxygen atoms in total. The SMILES string of the molecule is CCCCOc1ccc(C2c3c(oc4ccc(Cl)cc4c3=O)C(=O)N2c2ccc(Cl)cn2)cc1OCC. The van der Waals surface area contributed by atoms with E-state index < -0.39 is 11.9 Å². The fraction of sp³-hybridized carbons (Fsp3) is 0.250. The lowest BCUT2D eigenvalue weighted by atomic mass is 9.98. The molecular weight excluding hydrogens is 515 g/mol. The molecule has 1 unspecified atom stereocenters. The largest absolute Gasteiger partial charge is 0.490 e. The molecule has 4 aromatic rings. The summed E-state index contributed by atoms with van der Waals surface area (Å²) in [6.07, 6.45) is 3.36. The zero-order valence-electron chi connectivity index (χ0n) is 20.3. The summed E-state index contributed by atoms with van der Waals surface area (Å²) in [6.45, 7) is 4.94. The van der Waals surface area contributed by atoms with E-state index in [9.17, 15) is 9.59 Å². The molecule has 3 heterocycles. The molecule has 0 saturated carbocycles. The Morgan fingerprint density at radius 3 is 2.51 bits per heavy atom. The van der Waals surface area contributed by atoms with Crippen LogP contribution in [0.1, 0.15) is 54.4 Å². The van der Waals surface area contributed by atoms with E-state index >= 15 is 0 Å². The molecule has 190 valence electrons. The van der Waals surface area contributed by atoms with E-state index in [2.05, 4.69) is 11.9 Å². The van der Waals surface area contributed by atoms with Crippen molar-refractivity contribution in [2.24, 2.45) is 0 Å². The van der Waals surface area contributed by atoms with E-state index in [1.165, 1.54) is 11.1 Å². The van der Waals surface area contributed by atoms with Gasteiger partial charge in [0.15, 0.2) is 16.9 Å². The van der Waals surface area contributed by atoms with Crippen LogP contribution >= 0.6 is 23.2 Å². The first-order valence-corrected chi connectivity index (χ1v) is 12.8. The molecule has 0 radical (unpaired) electrons. The van der Waals surface area contributed by atoms with Crippen molar-refractivity contribution in [3.05, 3.63) is 91.9 Å². The fourth-order valence-electron chi connectivity index (χ4n) is 4.42. The predicted molar refractivity (Wildman–Crippen MR) is 143 cm³/mol. The molecular formula is C28H24Cl2N2O5. The lowest BCUT2D eigenvalue weighted by molar-refractivity contribution is 0.0970. The summed E-state index contributed by atoms with van der Waals surface area (Å²) < 4.78 is 17.8. The number of ether oxygens (including phenoxy) is 2. The topological polar surface area (TPSA) is 81.9 Å². The summed E-state index contributed by atoms with van der Waals surface area (Å²) >= 11 is 12.2. The molecule has 2 aromatic carbocycles. The Balaban J connectivity index is 1.71. The quantitative estimate of drug-likeness (QED) is 0.229.